The topological polar surface area (TPSA) is 142 Å². The molecule has 0 radical (unpaired) electrons. The fraction of sp³-hybridized carbons (Fsp3) is 0.706. The zero-order valence-electron chi connectivity index (χ0n) is 15.3. The Morgan fingerprint density at radius 3 is 2.75 bits per heavy atom. The van der Waals surface area contributed by atoms with E-state index in [0.29, 0.717) is 17.2 Å². The molecule has 160 valence electrons. The summed E-state index contributed by atoms with van der Waals surface area (Å²) in [6.07, 6.45) is -4.13. The van der Waals surface area contributed by atoms with Crippen LogP contribution in [0.1, 0.15) is 11.9 Å². The number of rotatable bonds is 6. The van der Waals surface area contributed by atoms with Crippen LogP contribution >= 0.6 is 0 Å². The summed E-state index contributed by atoms with van der Waals surface area (Å²) >= 11 is 0. The Labute approximate surface area is 172 Å². The van der Waals surface area contributed by atoms with Gasteiger partial charge in [-0.15, -0.1) is 0 Å². The number of aliphatic hydroxyl groups is 5. The second kappa shape index (κ2) is 10.4. The summed E-state index contributed by atoms with van der Waals surface area (Å²) < 4.78 is 16.4. The average molecular weight is 440 g/mol. The first kappa shape index (κ1) is 23.6. The largest absolute Gasteiger partial charge is 1.00 e. The molecule has 0 spiro atoms. The normalized spacial score (nSPS) is 36.6. The Kier molecular flexibility index (Phi) is 8.74. The molecule has 5 N–H and O–H groups in total. The summed E-state index contributed by atoms with van der Waals surface area (Å²) in [5.41, 5.74) is 0.647. The van der Waals surface area contributed by atoms with Crippen LogP contribution in [0.2, 0.25) is 0 Å². The van der Waals surface area contributed by atoms with Crippen LogP contribution in [0.15, 0.2) is 18.3 Å². The van der Waals surface area contributed by atoms with E-state index < -0.39 is 53.0 Å². The van der Waals surface area contributed by atoms with Crippen molar-refractivity contribution in [1.29, 1.82) is 0 Å². The molecule has 0 aliphatic carbocycles. The number of hydrogen-bond donors (Lipinski definition) is 5. The van der Waals surface area contributed by atoms with Crippen LogP contribution in [0.3, 0.4) is 0 Å². The van der Waals surface area contributed by atoms with Crippen molar-refractivity contribution in [1.82, 2.24) is 4.98 Å². The maximum atomic E-state index is 10.6. The fourth-order valence-corrected chi connectivity index (χ4v) is 6.05. The molecule has 2 unspecified atom stereocenters. The van der Waals surface area contributed by atoms with Crippen LogP contribution in [0.25, 0.3) is 0 Å². The lowest BCUT2D eigenvalue weighted by molar-refractivity contribution is -0.273. The van der Waals surface area contributed by atoms with Crippen molar-refractivity contribution in [3.8, 4) is 5.88 Å². The minimum Gasteiger partial charge on any atom is -1.00 e. The van der Waals surface area contributed by atoms with Gasteiger partial charge in [0.15, 0.2) is 11.5 Å². The second-order valence-corrected chi connectivity index (χ2v) is 9.03. The molecular formula is C17H26ClNO8S. The molecule has 1 aromatic rings. The van der Waals surface area contributed by atoms with Crippen molar-refractivity contribution < 1.29 is 52.2 Å². The lowest BCUT2D eigenvalue weighted by Crippen LogP contribution is -3.00. The Morgan fingerprint density at radius 2 is 2.07 bits per heavy atom. The van der Waals surface area contributed by atoms with Gasteiger partial charge in [0.2, 0.25) is 5.88 Å². The van der Waals surface area contributed by atoms with E-state index in [2.05, 4.69) is 4.98 Å². The molecular weight excluding hydrogens is 414 g/mol. The van der Waals surface area contributed by atoms with E-state index in [0.717, 1.165) is 0 Å². The van der Waals surface area contributed by atoms with Crippen LogP contribution < -0.4 is 17.1 Å². The monoisotopic (exact) mass is 439 g/mol. The molecule has 2 saturated heterocycles. The van der Waals surface area contributed by atoms with Gasteiger partial charge in [-0.05, 0) is 6.07 Å². The van der Waals surface area contributed by atoms with Crippen LogP contribution in [0.5, 0.6) is 5.88 Å². The highest BCUT2D eigenvalue weighted by molar-refractivity contribution is 7.97. The molecule has 0 aromatic carbocycles. The first-order chi connectivity index (χ1) is 12.9. The van der Waals surface area contributed by atoms with Gasteiger partial charge in [-0.1, -0.05) is 0 Å². The fourth-order valence-electron chi connectivity index (χ4n) is 3.36. The van der Waals surface area contributed by atoms with E-state index in [1.165, 1.54) is 7.11 Å². The third-order valence-electron chi connectivity index (χ3n) is 4.85. The van der Waals surface area contributed by atoms with Gasteiger partial charge >= 0.3 is 0 Å². The molecule has 2 fully saturated rings. The van der Waals surface area contributed by atoms with E-state index in [9.17, 15) is 25.5 Å². The lowest BCUT2D eigenvalue weighted by Gasteiger charge is -2.36. The van der Waals surface area contributed by atoms with E-state index in [1.54, 1.807) is 18.3 Å². The highest BCUT2D eigenvalue weighted by Crippen LogP contribution is 2.31. The molecule has 8 atom stereocenters. The molecule has 2 aliphatic heterocycles. The van der Waals surface area contributed by atoms with Crippen LogP contribution in [0, 0.1) is 0 Å². The summed E-state index contributed by atoms with van der Waals surface area (Å²) in [7, 11) is 0.899. The molecule has 2 aliphatic rings. The van der Waals surface area contributed by atoms with Crippen molar-refractivity contribution >= 4 is 10.9 Å². The first-order valence-corrected chi connectivity index (χ1v) is 10.3. The predicted octanol–water partition coefficient (Wildman–Crippen LogP) is -5.06. The first-order valence-electron chi connectivity index (χ1n) is 8.71. The van der Waals surface area contributed by atoms with Gasteiger partial charge in [0.1, 0.15) is 42.0 Å². The van der Waals surface area contributed by atoms with Gasteiger partial charge < -0.3 is 52.2 Å². The number of hydrogen-bond acceptors (Lipinski definition) is 9. The molecule has 0 saturated carbocycles. The molecule has 1 aromatic heterocycles. The highest BCUT2D eigenvalue weighted by atomic mass is 35.5. The molecule has 0 amide bonds. The zero-order valence-corrected chi connectivity index (χ0v) is 16.9. The summed E-state index contributed by atoms with van der Waals surface area (Å²) in [6.45, 7) is -0.288. The highest BCUT2D eigenvalue weighted by Gasteiger charge is 2.51. The third kappa shape index (κ3) is 5.07. The van der Waals surface area contributed by atoms with Crippen LogP contribution in [-0.2, 0) is 20.4 Å². The van der Waals surface area contributed by atoms with Crippen molar-refractivity contribution in [2.75, 3.05) is 31.8 Å². The van der Waals surface area contributed by atoms with Crippen molar-refractivity contribution in [3.63, 3.8) is 0 Å². The minimum absolute atomic E-state index is 0. The van der Waals surface area contributed by atoms with Crippen molar-refractivity contribution in [2.24, 2.45) is 0 Å². The summed E-state index contributed by atoms with van der Waals surface area (Å²) in [6, 6.07) is 3.35. The Hall–Kier alpha value is -0.690. The lowest BCUT2D eigenvalue weighted by atomic mass is 10.1. The van der Waals surface area contributed by atoms with E-state index in [4.69, 9.17) is 14.2 Å². The Morgan fingerprint density at radius 1 is 1.32 bits per heavy atom. The average Bonchev–Trinajstić information content (AvgIpc) is 2.94. The van der Waals surface area contributed by atoms with Gasteiger partial charge in [-0.3, -0.25) is 0 Å². The zero-order chi connectivity index (χ0) is 19.6. The molecule has 0 bridgehead atoms. The molecule has 28 heavy (non-hydrogen) atoms. The number of aliphatic hydroxyl groups excluding tert-OH is 5. The maximum Gasteiger partial charge on any atom is 0.213 e. The van der Waals surface area contributed by atoms with E-state index >= 15 is 0 Å². The summed E-state index contributed by atoms with van der Waals surface area (Å²) in [5, 5.41) is 49.6. The summed E-state index contributed by atoms with van der Waals surface area (Å²) in [5.74, 6) is 0.894. The Balaban J connectivity index is 0.00000280. The molecule has 3 rings (SSSR count). The Bertz CT molecular complexity index is 629. The van der Waals surface area contributed by atoms with Gasteiger partial charge in [-0.2, -0.15) is 0 Å². The van der Waals surface area contributed by atoms with Crippen LogP contribution in [-0.4, -0.2) is 98.1 Å². The predicted molar refractivity (Wildman–Crippen MR) is 96.4 cm³/mol. The van der Waals surface area contributed by atoms with E-state index in [1.807, 2.05) is 0 Å². The number of aromatic nitrogens is 1. The van der Waals surface area contributed by atoms with Gasteiger partial charge in [0, 0.05) is 28.7 Å². The molecule has 3 heterocycles. The smallest absolute Gasteiger partial charge is 0.213 e. The molecule has 9 nitrogen and oxygen atoms in total. The standard InChI is InChI=1S/C17H26NO8S.ClH/c1-24-14-4-9(2-3-18-14)17-25-6-10(20)16(26-17)12(22)8-27-7-11(21)15(23)13(27)5-19;/h2-4,10-13,15-17,19-23H,5-8H2,1H3;1H/q+1;/p-1/t10-,11-,12-,13-,15+,16+,17?,27?;/m1./s1. The molecule has 11 heteroatoms. The number of methoxy groups -OCH3 is 1. The quantitative estimate of drug-likeness (QED) is 0.275. The number of pyridine rings is 1. The summed E-state index contributed by atoms with van der Waals surface area (Å²) in [4.78, 5) is 4.02. The number of ether oxygens (including phenoxy) is 3. The maximum absolute atomic E-state index is 10.6. The third-order valence-corrected chi connectivity index (χ3v) is 7.67. The second-order valence-electron chi connectivity index (χ2n) is 6.68. The number of nitrogens with zero attached hydrogens (tertiary/aromatic N) is 1. The number of halogens is 1. The van der Waals surface area contributed by atoms with Gasteiger partial charge in [0.25, 0.3) is 0 Å². The van der Waals surface area contributed by atoms with Gasteiger partial charge in [0.05, 0.1) is 20.3 Å². The van der Waals surface area contributed by atoms with Crippen LogP contribution in [0.4, 0.5) is 0 Å². The van der Waals surface area contributed by atoms with Crippen molar-refractivity contribution in [2.45, 2.75) is 42.1 Å². The van der Waals surface area contributed by atoms with Crippen molar-refractivity contribution in [3.05, 3.63) is 23.9 Å². The van der Waals surface area contributed by atoms with E-state index in [-0.39, 0.29) is 31.4 Å². The van der Waals surface area contributed by atoms with Gasteiger partial charge in [-0.25, -0.2) is 4.98 Å². The SMILES string of the molecule is COc1cc(C2OC[C@@H](O)[C@@H]([C@H](O)C[S+]3C[C@@H](O)[C@H](O)[C@H]3CO)O2)ccn1.[Cl-]. The minimum atomic E-state index is -1.04.